The fourth-order valence-corrected chi connectivity index (χ4v) is 4.67. The van der Waals surface area contributed by atoms with Crippen LogP contribution in [-0.2, 0) is 14.4 Å². The molecule has 0 aromatic rings. The lowest BCUT2D eigenvalue weighted by molar-refractivity contribution is -0.127. The highest BCUT2D eigenvalue weighted by atomic mass is 16.2. The predicted octanol–water partition coefficient (Wildman–Crippen LogP) is 6.56. The molecule has 0 unspecified atom stereocenters. The smallest absolute Gasteiger partial charge is 0.244 e. The van der Waals surface area contributed by atoms with Crippen molar-refractivity contribution in [2.75, 3.05) is 13.1 Å². The Kier molecular flexibility index (Phi) is 15.6. The summed E-state index contributed by atoms with van der Waals surface area (Å²) in [5.41, 5.74) is 5.85. The van der Waals surface area contributed by atoms with Gasteiger partial charge in [-0.25, -0.2) is 0 Å². The van der Waals surface area contributed by atoms with E-state index in [0.717, 1.165) is 16.7 Å². The van der Waals surface area contributed by atoms with Gasteiger partial charge in [0, 0.05) is 25.2 Å². The second-order valence-corrected chi connectivity index (χ2v) is 11.3. The molecule has 6 heteroatoms. The molecule has 0 aliphatic heterocycles. The highest BCUT2D eigenvalue weighted by Crippen LogP contribution is 2.40. The fourth-order valence-electron chi connectivity index (χ4n) is 4.67. The van der Waals surface area contributed by atoms with Crippen LogP contribution < -0.4 is 16.0 Å². The molecule has 1 rings (SSSR count). The second-order valence-electron chi connectivity index (χ2n) is 11.3. The van der Waals surface area contributed by atoms with Crippen molar-refractivity contribution in [3.05, 3.63) is 83.1 Å². The van der Waals surface area contributed by atoms with Crippen LogP contribution in [0.3, 0.4) is 0 Å². The number of unbranched alkanes of at least 4 members (excludes halogenated alkanes) is 1. The average molecular weight is 550 g/mol. The third-order valence-electron chi connectivity index (χ3n) is 7.02. The number of rotatable bonds is 15. The third-order valence-corrected chi connectivity index (χ3v) is 7.02. The van der Waals surface area contributed by atoms with Gasteiger partial charge >= 0.3 is 0 Å². The molecule has 3 amide bonds. The summed E-state index contributed by atoms with van der Waals surface area (Å²) in [5, 5.41) is 8.44. The maximum atomic E-state index is 12.6. The molecule has 0 spiro atoms. The van der Waals surface area contributed by atoms with E-state index in [2.05, 4.69) is 62.4 Å². The SMILES string of the molecule is C=C/C(C)=C/C(=O)NCCCC[C@H](NC(=O)/C=C(C)/C=C/C=C(C)/C=C/C1=C(C)CCCC1(C)C)C(=O)NCC. The van der Waals surface area contributed by atoms with E-state index in [1.54, 1.807) is 6.08 Å². The van der Waals surface area contributed by atoms with E-state index in [-0.39, 0.29) is 23.1 Å². The summed E-state index contributed by atoms with van der Waals surface area (Å²) in [6.07, 6.45) is 20.4. The monoisotopic (exact) mass is 549 g/mol. The van der Waals surface area contributed by atoms with Gasteiger partial charge in [-0.1, -0.05) is 68.0 Å². The number of carbonyl (C=O) groups is 3. The summed E-state index contributed by atoms with van der Waals surface area (Å²) < 4.78 is 0. The number of allylic oxidation sites excluding steroid dienone is 11. The van der Waals surface area contributed by atoms with Gasteiger partial charge in [-0.2, -0.15) is 0 Å². The molecule has 0 heterocycles. The Hall–Kier alpha value is -3.41. The van der Waals surface area contributed by atoms with Gasteiger partial charge in [0.05, 0.1) is 0 Å². The minimum absolute atomic E-state index is 0.165. The Morgan fingerprint density at radius 1 is 0.975 bits per heavy atom. The van der Waals surface area contributed by atoms with Crippen LogP contribution in [0.4, 0.5) is 0 Å². The van der Waals surface area contributed by atoms with Crippen LogP contribution in [0.5, 0.6) is 0 Å². The van der Waals surface area contributed by atoms with Gasteiger partial charge in [0.25, 0.3) is 0 Å². The first-order chi connectivity index (χ1) is 18.9. The van der Waals surface area contributed by atoms with Crippen molar-refractivity contribution in [3.8, 4) is 0 Å². The first kappa shape index (κ1) is 34.6. The van der Waals surface area contributed by atoms with Gasteiger partial charge in [-0.15, -0.1) is 0 Å². The van der Waals surface area contributed by atoms with Crippen molar-refractivity contribution in [2.45, 2.75) is 93.0 Å². The van der Waals surface area contributed by atoms with Crippen LogP contribution >= 0.6 is 0 Å². The molecule has 1 aliphatic carbocycles. The maximum absolute atomic E-state index is 12.6. The molecule has 0 fully saturated rings. The van der Waals surface area contributed by atoms with Gasteiger partial charge in [-0.05, 0) is 95.3 Å². The molecule has 0 aromatic heterocycles. The highest BCUT2D eigenvalue weighted by Gasteiger charge is 2.26. The summed E-state index contributed by atoms with van der Waals surface area (Å²) in [7, 11) is 0. The standard InChI is InChI=1S/C34H51N3O3/c1-9-25(3)23-31(38)36-22-12-11-18-30(33(40)35-10-2)37-32(39)24-27(5)16-13-15-26(4)19-20-29-28(6)17-14-21-34(29,7)8/h9,13,15-16,19-20,23-24,30H,1,10-12,14,17-18,21-22H2,2-8H3,(H,35,40)(H,36,38)(H,37,39)/b16-13+,20-19+,25-23+,26-15+,27-24+/t30-/m0/s1. The molecule has 0 aromatic carbocycles. The van der Waals surface area contributed by atoms with E-state index < -0.39 is 6.04 Å². The second kappa shape index (κ2) is 18.0. The van der Waals surface area contributed by atoms with E-state index in [0.29, 0.717) is 32.4 Å². The largest absolute Gasteiger partial charge is 0.355 e. The normalized spacial score (nSPS) is 17.2. The number of carbonyl (C=O) groups excluding carboxylic acids is 3. The zero-order valence-electron chi connectivity index (χ0n) is 25.8. The quantitative estimate of drug-likeness (QED) is 0.123. The molecule has 6 nitrogen and oxygen atoms in total. The Bertz CT molecular complexity index is 1080. The maximum Gasteiger partial charge on any atom is 0.244 e. The van der Waals surface area contributed by atoms with E-state index in [4.69, 9.17) is 0 Å². The number of nitrogens with one attached hydrogen (secondary N) is 3. The first-order valence-electron chi connectivity index (χ1n) is 14.5. The van der Waals surface area contributed by atoms with E-state index >= 15 is 0 Å². The van der Waals surface area contributed by atoms with E-state index in [1.807, 2.05) is 39.0 Å². The molecule has 3 N–H and O–H groups in total. The number of amides is 3. The summed E-state index contributed by atoms with van der Waals surface area (Å²) in [6, 6.07) is -0.631. The minimum Gasteiger partial charge on any atom is -0.355 e. The summed E-state index contributed by atoms with van der Waals surface area (Å²) in [5.74, 6) is -0.677. The van der Waals surface area contributed by atoms with Crippen LogP contribution in [-0.4, -0.2) is 36.9 Å². The topological polar surface area (TPSA) is 87.3 Å². The zero-order valence-corrected chi connectivity index (χ0v) is 25.8. The Labute approximate surface area is 242 Å². The Morgan fingerprint density at radius 3 is 2.33 bits per heavy atom. The molecule has 1 atom stereocenters. The molecule has 220 valence electrons. The lowest BCUT2D eigenvalue weighted by Crippen LogP contribution is -2.46. The Morgan fingerprint density at radius 2 is 1.68 bits per heavy atom. The zero-order chi connectivity index (χ0) is 30.1. The number of likely N-dealkylation sites (N-methyl/N-ethyl adjacent to an activating group) is 1. The molecule has 0 bridgehead atoms. The molecule has 0 saturated heterocycles. The Balaban J connectivity index is 2.67. The highest BCUT2D eigenvalue weighted by molar-refractivity contribution is 5.93. The van der Waals surface area contributed by atoms with Crippen LogP contribution in [0.15, 0.2) is 83.1 Å². The van der Waals surface area contributed by atoms with Crippen LogP contribution in [0.25, 0.3) is 0 Å². The summed E-state index contributed by atoms with van der Waals surface area (Å²) >= 11 is 0. The molecule has 1 aliphatic rings. The number of hydrogen-bond acceptors (Lipinski definition) is 3. The molecule has 40 heavy (non-hydrogen) atoms. The molecule has 0 saturated carbocycles. The van der Waals surface area contributed by atoms with Crippen molar-refractivity contribution in [1.29, 1.82) is 0 Å². The van der Waals surface area contributed by atoms with Crippen LogP contribution in [0.2, 0.25) is 0 Å². The van der Waals surface area contributed by atoms with Gasteiger partial charge in [0.1, 0.15) is 6.04 Å². The van der Waals surface area contributed by atoms with Crippen molar-refractivity contribution >= 4 is 17.7 Å². The lowest BCUT2D eigenvalue weighted by Gasteiger charge is -2.32. The minimum atomic E-state index is -0.631. The van der Waals surface area contributed by atoms with Gasteiger partial charge in [0.15, 0.2) is 0 Å². The first-order valence-corrected chi connectivity index (χ1v) is 14.5. The van der Waals surface area contributed by atoms with E-state index in [1.165, 1.54) is 42.6 Å². The third kappa shape index (κ3) is 13.6. The average Bonchev–Trinajstić information content (AvgIpc) is 2.87. The predicted molar refractivity (Wildman–Crippen MR) is 168 cm³/mol. The summed E-state index contributed by atoms with van der Waals surface area (Å²) in [4.78, 5) is 37.0. The molecule has 0 radical (unpaired) electrons. The van der Waals surface area contributed by atoms with Crippen molar-refractivity contribution in [3.63, 3.8) is 0 Å². The van der Waals surface area contributed by atoms with Gasteiger partial charge < -0.3 is 16.0 Å². The van der Waals surface area contributed by atoms with Crippen LogP contribution in [0, 0.1) is 5.41 Å². The van der Waals surface area contributed by atoms with E-state index in [9.17, 15) is 14.4 Å². The summed E-state index contributed by atoms with van der Waals surface area (Å²) in [6.45, 7) is 19.1. The van der Waals surface area contributed by atoms with Crippen molar-refractivity contribution in [1.82, 2.24) is 16.0 Å². The van der Waals surface area contributed by atoms with Crippen molar-refractivity contribution in [2.24, 2.45) is 5.41 Å². The molecular weight excluding hydrogens is 498 g/mol. The fraction of sp³-hybridized carbons (Fsp3) is 0.500. The van der Waals surface area contributed by atoms with Gasteiger partial charge in [-0.3, -0.25) is 14.4 Å². The van der Waals surface area contributed by atoms with Crippen LogP contribution in [0.1, 0.15) is 87.0 Å². The number of hydrogen-bond donors (Lipinski definition) is 3. The molecular formula is C34H51N3O3. The lowest BCUT2D eigenvalue weighted by atomic mass is 9.72. The van der Waals surface area contributed by atoms with Gasteiger partial charge in [0.2, 0.25) is 17.7 Å². The van der Waals surface area contributed by atoms with Crippen molar-refractivity contribution < 1.29 is 14.4 Å².